The van der Waals surface area contributed by atoms with Crippen molar-refractivity contribution in [1.82, 2.24) is 30.1 Å². The summed E-state index contributed by atoms with van der Waals surface area (Å²) in [6.07, 6.45) is 4.67. The number of hydrogen-bond donors (Lipinski definition) is 3. The van der Waals surface area contributed by atoms with Crippen molar-refractivity contribution < 1.29 is 4.79 Å². The summed E-state index contributed by atoms with van der Waals surface area (Å²) in [6, 6.07) is 3.52. The molecule has 134 valence electrons. The van der Waals surface area contributed by atoms with E-state index in [1.165, 1.54) is 16.4 Å². The molecule has 0 unspecified atom stereocenters. The van der Waals surface area contributed by atoms with Gasteiger partial charge in [0.2, 0.25) is 16.9 Å². The number of thioether (sulfide) groups is 1. The van der Waals surface area contributed by atoms with Crippen LogP contribution in [0.25, 0.3) is 11.5 Å². The summed E-state index contributed by atoms with van der Waals surface area (Å²) in [5.41, 5.74) is 3.03. The second-order valence-electron chi connectivity index (χ2n) is 5.76. The average molecular weight is 435 g/mol. The van der Waals surface area contributed by atoms with Crippen molar-refractivity contribution in [1.29, 1.82) is 0 Å². The van der Waals surface area contributed by atoms with E-state index in [4.69, 9.17) is 5.84 Å². The van der Waals surface area contributed by atoms with Crippen molar-refractivity contribution in [2.75, 3.05) is 16.9 Å². The number of hydrogen-bond acceptors (Lipinski definition) is 7. The van der Waals surface area contributed by atoms with Gasteiger partial charge in [-0.2, -0.15) is 5.10 Å². The molecule has 11 heteroatoms. The minimum atomic E-state index is -0.199. The minimum absolute atomic E-state index is 0.145. The van der Waals surface area contributed by atoms with Gasteiger partial charge in [-0.1, -0.05) is 11.8 Å². The first-order chi connectivity index (χ1) is 12.6. The maximum atomic E-state index is 12.1. The average Bonchev–Trinajstić information content (AvgIpc) is 3.32. The van der Waals surface area contributed by atoms with Gasteiger partial charge in [0.1, 0.15) is 11.5 Å². The number of amides is 1. The smallest absolute Gasteiger partial charge is 0.236 e. The molecule has 0 fully saturated rings. The Hall–Kier alpha value is -2.40. The number of halogens is 1. The fraction of sp³-hybridized carbons (Fsp3) is 0.267. The first-order valence-electron chi connectivity index (χ1n) is 7.93. The number of carbonyl (C=O) groups excluding carboxylic acids is 1. The Morgan fingerprint density at radius 1 is 1.38 bits per heavy atom. The minimum Gasteiger partial charge on any atom is -0.335 e. The Morgan fingerprint density at radius 2 is 2.27 bits per heavy atom. The summed E-state index contributed by atoms with van der Waals surface area (Å²) >= 11 is 4.51. The summed E-state index contributed by atoms with van der Waals surface area (Å²) in [4.78, 5) is 16.2. The van der Waals surface area contributed by atoms with E-state index in [-0.39, 0.29) is 11.7 Å². The Labute approximate surface area is 161 Å². The van der Waals surface area contributed by atoms with Crippen molar-refractivity contribution in [2.24, 2.45) is 0 Å². The van der Waals surface area contributed by atoms with Crippen molar-refractivity contribution >= 4 is 39.4 Å². The molecule has 0 aromatic carbocycles. The molecule has 0 aliphatic heterocycles. The number of pyridine rings is 1. The topological polar surface area (TPSA) is 127 Å². The van der Waals surface area contributed by atoms with E-state index in [0.29, 0.717) is 16.8 Å². The van der Waals surface area contributed by atoms with E-state index >= 15 is 0 Å². The van der Waals surface area contributed by atoms with Gasteiger partial charge in [0.15, 0.2) is 0 Å². The monoisotopic (exact) mass is 434 g/mol. The molecule has 0 radical (unpaired) electrons. The molecular weight excluding hydrogens is 420 g/mol. The Kier molecular flexibility index (Phi) is 4.64. The lowest BCUT2D eigenvalue weighted by Crippen LogP contribution is -2.17. The van der Waals surface area contributed by atoms with Gasteiger partial charge in [0.25, 0.3) is 0 Å². The highest BCUT2D eigenvalue weighted by atomic mass is 79.9. The predicted octanol–water partition coefficient (Wildman–Crippen LogP) is 1.76. The maximum Gasteiger partial charge on any atom is 0.236 e. The van der Waals surface area contributed by atoms with E-state index < -0.39 is 0 Å². The first-order valence-corrected chi connectivity index (χ1v) is 9.71. The quantitative estimate of drug-likeness (QED) is 0.412. The van der Waals surface area contributed by atoms with Gasteiger partial charge in [-0.25, -0.2) is 9.66 Å². The SMILES string of the molecule is Nn1c(SCC(=O)Nc2ccc(Br)cn2)nnc1-c1n[nH]c2c1CCC2. The molecule has 26 heavy (non-hydrogen) atoms. The van der Waals surface area contributed by atoms with Crippen molar-refractivity contribution in [2.45, 2.75) is 24.4 Å². The lowest BCUT2D eigenvalue weighted by atomic mass is 10.2. The Bertz CT molecular complexity index is 951. The van der Waals surface area contributed by atoms with Crippen LogP contribution in [0.15, 0.2) is 28.0 Å². The third kappa shape index (κ3) is 3.31. The number of anilines is 1. The van der Waals surface area contributed by atoms with Crippen LogP contribution < -0.4 is 11.2 Å². The van der Waals surface area contributed by atoms with Crippen LogP contribution >= 0.6 is 27.7 Å². The summed E-state index contributed by atoms with van der Waals surface area (Å²) in [5, 5.41) is 18.7. The summed E-state index contributed by atoms with van der Waals surface area (Å²) in [6.45, 7) is 0. The Morgan fingerprint density at radius 3 is 3.08 bits per heavy atom. The molecule has 4 rings (SSSR count). The zero-order chi connectivity index (χ0) is 18.1. The largest absolute Gasteiger partial charge is 0.335 e. The second-order valence-corrected chi connectivity index (χ2v) is 7.62. The van der Waals surface area contributed by atoms with Crippen molar-refractivity contribution in [3.8, 4) is 11.5 Å². The van der Waals surface area contributed by atoms with Crippen LogP contribution in [0.3, 0.4) is 0 Å². The number of H-pyrrole nitrogens is 1. The van der Waals surface area contributed by atoms with Crippen molar-refractivity contribution in [3.63, 3.8) is 0 Å². The van der Waals surface area contributed by atoms with Crippen LogP contribution in [0.5, 0.6) is 0 Å². The number of nitrogens with one attached hydrogen (secondary N) is 2. The van der Waals surface area contributed by atoms with E-state index in [2.05, 4.69) is 46.6 Å². The molecular formula is C15H15BrN8OS. The molecule has 3 heterocycles. The highest BCUT2D eigenvalue weighted by Crippen LogP contribution is 2.30. The first kappa shape index (κ1) is 17.0. The molecule has 0 bridgehead atoms. The number of rotatable bonds is 5. The molecule has 0 saturated heterocycles. The van der Waals surface area contributed by atoms with Crippen LogP contribution in [0, 0.1) is 0 Å². The number of aromatic nitrogens is 6. The van der Waals surface area contributed by atoms with Crippen LogP contribution in [-0.2, 0) is 17.6 Å². The second kappa shape index (κ2) is 7.08. The number of fused-ring (bicyclic) bond motifs is 1. The predicted molar refractivity (Wildman–Crippen MR) is 101 cm³/mol. The molecule has 0 atom stereocenters. The molecule has 0 spiro atoms. The Balaban J connectivity index is 1.42. The number of aryl methyl sites for hydroxylation is 1. The zero-order valence-electron chi connectivity index (χ0n) is 13.6. The summed E-state index contributed by atoms with van der Waals surface area (Å²) in [7, 11) is 0. The van der Waals surface area contributed by atoms with Gasteiger partial charge >= 0.3 is 0 Å². The lowest BCUT2D eigenvalue weighted by molar-refractivity contribution is -0.113. The summed E-state index contributed by atoms with van der Waals surface area (Å²) in [5.74, 6) is 7.05. The van der Waals surface area contributed by atoms with Crippen molar-refractivity contribution in [3.05, 3.63) is 34.1 Å². The van der Waals surface area contributed by atoms with Crippen LogP contribution in [0.4, 0.5) is 5.82 Å². The number of nitrogen functional groups attached to an aromatic ring is 1. The number of aromatic amines is 1. The standard InChI is InChI=1S/C15H15BrN8OS/c16-8-4-5-11(18-6-8)19-12(25)7-26-15-23-22-14(24(15)17)13-9-2-1-3-10(9)20-21-13/h4-6H,1-3,7,17H2,(H,20,21)(H,18,19,25). The van der Waals surface area contributed by atoms with E-state index in [9.17, 15) is 4.79 Å². The van der Waals surface area contributed by atoms with E-state index in [0.717, 1.165) is 40.7 Å². The summed E-state index contributed by atoms with van der Waals surface area (Å²) < 4.78 is 2.23. The van der Waals surface area contributed by atoms with Crippen LogP contribution in [0.2, 0.25) is 0 Å². The molecule has 4 N–H and O–H groups in total. The number of carbonyl (C=O) groups is 1. The molecule has 1 amide bonds. The molecule has 9 nitrogen and oxygen atoms in total. The van der Waals surface area contributed by atoms with Gasteiger partial charge < -0.3 is 11.2 Å². The highest BCUT2D eigenvalue weighted by molar-refractivity contribution is 9.10. The molecule has 1 aliphatic carbocycles. The third-order valence-corrected chi connectivity index (χ3v) is 5.42. The van der Waals surface area contributed by atoms with Gasteiger partial charge in [-0.15, -0.1) is 10.2 Å². The highest BCUT2D eigenvalue weighted by Gasteiger charge is 2.24. The molecule has 1 aliphatic rings. The maximum absolute atomic E-state index is 12.1. The van der Waals surface area contributed by atoms with Gasteiger partial charge in [0, 0.05) is 21.9 Å². The molecule has 0 saturated carbocycles. The van der Waals surface area contributed by atoms with Crippen LogP contribution in [-0.4, -0.2) is 41.7 Å². The van der Waals surface area contributed by atoms with Gasteiger partial charge in [-0.3, -0.25) is 9.89 Å². The van der Waals surface area contributed by atoms with E-state index in [1.807, 2.05) is 0 Å². The van der Waals surface area contributed by atoms with Gasteiger partial charge in [0.05, 0.1) is 5.75 Å². The van der Waals surface area contributed by atoms with Crippen LogP contribution in [0.1, 0.15) is 17.7 Å². The fourth-order valence-corrected chi connectivity index (χ4v) is 3.69. The molecule has 3 aromatic heterocycles. The van der Waals surface area contributed by atoms with E-state index in [1.54, 1.807) is 18.3 Å². The number of nitrogens with zero attached hydrogens (tertiary/aromatic N) is 5. The fourth-order valence-electron chi connectivity index (χ4n) is 2.80. The molecule has 3 aromatic rings. The third-order valence-electron chi connectivity index (χ3n) is 4.01. The normalized spacial score (nSPS) is 13.0. The number of nitrogens with two attached hydrogens (primary N) is 1. The lowest BCUT2D eigenvalue weighted by Gasteiger charge is -2.05. The van der Waals surface area contributed by atoms with Gasteiger partial charge in [-0.05, 0) is 47.3 Å². The zero-order valence-corrected chi connectivity index (χ0v) is 16.0.